The lowest BCUT2D eigenvalue weighted by Crippen LogP contribution is -1.84. The van der Waals surface area contributed by atoms with E-state index in [2.05, 4.69) is 61.1 Å². The largest absolute Gasteiger partial charge is 0.341 e. The SMILES string of the molecule is Cc1nonc1-c1cccc2[nH]c3[nH]c4cccc(-c5ccsn5)c4c3c12. The normalized spacial score (nSPS) is 11.9. The first-order chi connectivity index (χ1) is 13.3. The van der Waals surface area contributed by atoms with E-state index < -0.39 is 0 Å². The Hall–Kier alpha value is -3.45. The molecule has 0 radical (unpaired) electrons. The van der Waals surface area contributed by atoms with E-state index >= 15 is 0 Å². The van der Waals surface area contributed by atoms with Crippen LogP contribution in [0.4, 0.5) is 0 Å². The first-order valence-electron chi connectivity index (χ1n) is 8.56. The Morgan fingerprint density at radius 2 is 1.59 bits per heavy atom. The summed E-state index contributed by atoms with van der Waals surface area (Å²) in [5.41, 5.74) is 7.76. The zero-order valence-electron chi connectivity index (χ0n) is 14.3. The predicted octanol–water partition coefficient (Wildman–Crippen LogP) is 5.28. The number of fused-ring (bicyclic) bond motifs is 5. The Balaban J connectivity index is 1.83. The van der Waals surface area contributed by atoms with Gasteiger partial charge in [0, 0.05) is 43.7 Å². The standard InChI is InChI=1S/C20H13N5OS/c1-10-19(24-26-23-10)12-5-3-7-15-17(12)18-16-11(13-8-9-27-25-13)4-2-6-14(16)21-20(18)22-15/h2-9,21-22H,1H3. The van der Waals surface area contributed by atoms with Crippen LogP contribution in [0.25, 0.3) is 55.4 Å². The molecule has 0 aliphatic carbocycles. The molecular formula is C20H13N5OS. The number of rotatable bonds is 2. The third-order valence-electron chi connectivity index (χ3n) is 5.02. The number of aromatic nitrogens is 5. The summed E-state index contributed by atoms with van der Waals surface area (Å²) < 4.78 is 9.52. The molecule has 0 unspecified atom stereocenters. The van der Waals surface area contributed by atoms with E-state index in [0.29, 0.717) is 0 Å². The van der Waals surface area contributed by atoms with Crippen LogP contribution >= 0.6 is 11.5 Å². The molecule has 130 valence electrons. The maximum absolute atomic E-state index is 4.96. The zero-order valence-corrected chi connectivity index (χ0v) is 15.1. The Labute approximate surface area is 157 Å². The molecule has 27 heavy (non-hydrogen) atoms. The number of nitrogens with zero attached hydrogens (tertiary/aromatic N) is 3. The molecule has 0 saturated carbocycles. The van der Waals surface area contributed by atoms with Crippen molar-refractivity contribution in [2.75, 3.05) is 0 Å². The number of aromatic amines is 2. The average Bonchev–Trinajstić information content (AvgIpc) is 3.44. The molecule has 0 amide bonds. The van der Waals surface area contributed by atoms with Gasteiger partial charge in [-0.1, -0.05) is 29.4 Å². The van der Waals surface area contributed by atoms with E-state index in [9.17, 15) is 0 Å². The average molecular weight is 371 g/mol. The van der Waals surface area contributed by atoms with Crippen LogP contribution in [0.2, 0.25) is 0 Å². The van der Waals surface area contributed by atoms with Crippen molar-refractivity contribution in [1.82, 2.24) is 24.7 Å². The monoisotopic (exact) mass is 371 g/mol. The van der Waals surface area contributed by atoms with Crippen LogP contribution in [0.1, 0.15) is 5.69 Å². The van der Waals surface area contributed by atoms with E-state index in [4.69, 9.17) is 4.63 Å². The summed E-state index contributed by atoms with van der Waals surface area (Å²) in [4.78, 5) is 7.03. The lowest BCUT2D eigenvalue weighted by atomic mass is 9.99. The van der Waals surface area contributed by atoms with Crippen molar-refractivity contribution >= 4 is 44.4 Å². The second-order valence-electron chi connectivity index (χ2n) is 6.54. The summed E-state index contributed by atoms with van der Waals surface area (Å²) in [5.74, 6) is 0. The van der Waals surface area contributed by atoms with Crippen LogP contribution in [0.5, 0.6) is 0 Å². The van der Waals surface area contributed by atoms with Gasteiger partial charge in [-0.3, -0.25) is 0 Å². The highest BCUT2D eigenvalue weighted by atomic mass is 32.1. The fourth-order valence-electron chi connectivity index (χ4n) is 3.89. The number of benzene rings is 2. The van der Waals surface area contributed by atoms with Gasteiger partial charge in [-0.05, 0) is 41.8 Å². The van der Waals surface area contributed by atoms with Crippen LogP contribution in [0.15, 0.2) is 52.5 Å². The third kappa shape index (κ3) is 1.97. The highest BCUT2D eigenvalue weighted by molar-refractivity contribution is 7.03. The maximum atomic E-state index is 4.96. The number of hydrogen-bond acceptors (Lipinski definition) is 5. The summed E-state index contributed by atoms with van der Waals surface area (Å²) in [7, 11) is 0. The Kier molecular flexibility index (Phi) is 2.87. The highest BCUT2D eigenvalue weighted by Crippen LogP contribution is 2.41. The minimum Gasteiger partial charge on any atom is -0.341 e. The molecule has 0 aliphatic rings. The second-order valence-corrected chi connectivity index (χ2v) is 7.20. The molecule has 6 aromatic rings. The van der Waals surface area contributed by atoms with Crippen molar-refractivity contribution in [3.8, 4) is 22.5 Å². The Morgan fingerprint density at radius 3 is 2.26 bits per heavy atom. The molecule has 6 nitrogen and oxygen atoms in total. The van der Waals surface area contributed by atoms with Gasteiger partial charge in [-0.2, -0.15) is 4.37 Å². The van der Waals surface area contributed by atoms with Gasteiger partial charge in [-0.15, -0.1) is 0 Å². The van der Waals surface area contributed by atoms with E-state index in [-0.39, 0.29) is 0 Å². The number of H-pyrrole nitrogens is 2. The molecule has 2 N–H and O–H groups in total. The number of nitrogens with one attached hydrogen (secondary N) is 2. The molecule has 6 rings (SSSR count). The van der Waals surface area contributed by atoms with Gasteiger partial charge in [0.05, 0.1) is 5.69 Å². The van der Waals surface area contributed by atoms with Gasteiger partial charge in [0.25, 0.3) is 0 Å². The number of hydrogen-bond donors (Lipinski definition) is 2. The summed E-state index contributed by atoms with van der Waals surface area (Å²) in [6.07, 6.45) is 0. The van der Waals surface area contributed by atoms with E-state index in [1.807, 2.05) is 18.4 Å². The molecule has 2 aromatic carbocycles. The van der Waals surface area contributed by atoms with Crippen molar-refractivity contribution < 1.29 is 4.63 Å². The van der Waals surface area contributed by atoms with Gasteiger partial charge in [0.15, 0.2) is 0 Å². The highest BCUT2D eigenvalue weighted by Gasteiger charge is 2.20. The van der Waals surface area contributed by atoms with Crippen LogP contribution in [0, 0.1) is 6.92 Å². The summed E-state index contributed by atoms with van der Waals surface area (Å²) in [6.45, 7) is 1.91. The van der Waals surface area contributed by atoms with Gasteiger partial charge >= 0.3 is 0 Å². The minimum absolute atomic E-state index is 0.766. The van der Waals surface area contributed by atoms with Gasteiger partial charge in [-0.25, -0.2) is 4.63 Å². The predicted molar refractivity (Wildman–Crippen MR) is 107 cm³/mol. The summed E-state index contributed by atoms with van der Waals surface area (Å²) >= 11 is 1.46. The van der Waals surface area contributed by atoms with Crippen molar-refractivity contribution in [2.24, 2.45) is 0 Å². The van der Waals surface area contributed by atoms with Crippen LogP contribution in [-0.4, -0.2) is 24.7 Å². The van der Waals surface area contributed by atoms with Crippen molar-refractivity contribution in [1.29, 1.82) is 0 Å². The zero-order chi connectivity index (χ0) is 18.0. The Bertz CT molecular complexity index is 1440. The lowest BCUT2D eigenvalue weighted by molar-refractivity contribution is 0.306. The minimum atomic E-state index is 0.766. The van der Waals surface area contributed by atoms with E-state index in [1.165, 1.54) is 11.5 Å². The van der Waals surface area contributed by atoms with Crippen molar-refractivity contribution in [2.45, 2.75) is 6.92 Å². The molecule has 0 fully saturated rings. The molecule has 0 bridgehead atoms. The molecule has 7 heteroatoms. The van der Waals surface area contributed by atoms with E-state index in [1.54, 1.807) is 0 Å². The van der Waals surface area contributed by atoms with Crippen LogP contribution < -0.4 is 0 Å². The third-order valence-corrected chi connectivity index (χ3v) is 5.58. The summed E-state index contributed by atoms with van der Waals surface area (Å²) in [6, 6.07) is 14.5. The van der Waals surface area contributed by atoms with Crippen LogP contribution in [0.3, 0.4) is 0 Å². The molecule has 4 heterocycles. The Morgan fingerprint density at radius 1 is 0.852 bits per heavy atom. The molecule has 0 saturated heterocycles. The van der Waals surface area contributed by atoms with Crippen molar-refractivity contribution in [3.63, 3.8) is 0 Å². The van der Waals surface area contributed by atoms with Crippen molar-refractivity contribution in [3.05, 3.63) is 53.5 Å². The van der Waals surface area contributed by atoms with E-state index in [0.717, 1.165) is 61.0 Å². The van der Waals surface area contributed by atoms with Gasteiger partial charge in [0.2, 0.25) is 0 Å². The summed E-state index contributed by atoms with van der Waals surface area (Å²) in [5, 5.41) is 13.5. The van der Waals surface area contributed by atoms with Gasteiger partial charge < -0.3 is 9.97 Å². The molecule has 0 spiro atoms. The fraction of sp³-hybridized carbons (Fsp3) is 0.0500. The molecule has 0 aliphatic heterocycles. The molecule has 0 atom stereocenters. The smallest absolute Gasteiger partial charge is 0.138 e. The van der Waals surface area contributed by atoms with Crippen LogP contribution in [-0.2, 0) is 0 Å². The lowest BCUT2D eigenvalue weighted by Gasteiger charge is -2.03. The number of aryl methyl sites for hydroxylation is 1. The molecular weight excluding hydrogens is 358 g/mol. The molecule has 4 aromatic heterocycles. The van der Waals surface area contributed by atoms with Gasteiger partial charge in [0.1, 0.15) is 17.0 Å². The second kappa shape index (κ2) is 5.28. The first kappa shape index (κ1) is 14.7. The quantitative estimate of drug-likeness (QED) is 0.433. The first-order valence-corrected chi connectivity index (χ1v) is 9.40. The topological polar surface area (TPSA) is 83.4 Å². The maximum Gasteiger partial charge on any atom is 0.138 e. The fourth-order valence-corrected chi connectivity index (χ4v) is 4.41.